The fraction of sp³-hybridized carbons (Fsp3) is 0.733. The first-order valence-electron chi connectivity index (χ1n) is 7.13. The molecule has 2 heterocycles. The second-order valence-corrected chi connectivity index (χ2v) is 5.71. The summed E-state index contributed by atoms with van der Waals surface area (Å²) in [4.78, 5) is 24.0. The lowest BCUT2D eigenvalue weighted by atomic mass is 9.87. The van der Waals surface area contributed by atoms with Gasteiger partial charge in [-0.2, -0.15) is 0 Å². The lowest BCUT2D eigenvalue weighted by Gasteiger charge is -2.25. The third-order valence-electron chi connectivity index (χ3n) is 3.67. The van der Waals surface area contributed by atoms with Crippen LogP contribution in [0.25, 0.3) is 0 Å². The van der Waals surface area contributed by atoms with Crippen molar-refractivity contribution in [2.75, 3.05) is 13.2 Å². The summed E-state index contributed by atoms with van der Waals surface area (Å²) in [6, 6.07) is 0. The molecule has 6 nitrogen and oxygen atoms in total. The number of esters is 1. The van der Waals surface area contributed by atoms with Crippen LogP contribution in [-0.2, 0) is 28.5 Å². The van der Waals surface area contributed by atoms with Crippen LogP contribution in [0, 0.1) is 5.92 Å². The fourth-order valence-electron chi connectivity index (χ4n) is 2.89. The minimum Gasteiger partial charge on any atom is -0.482 e. The Kier molecular flexibility index (Phi) is 4.39. The summed E-state index contributed by atoms with van der Waals surface area (Å²) in [5, 5.41) is 0. The highest BCUT2D eigenvalue weighted by Crippen LogP contribution is 2.40. The van der Waals surface area contributed by atoms with Crippen molar-refractivity contribution in [3.05, 3.63) is 11.3 Å². The molecule has 0 amide bonds. The minimum absolute atomic E-state index is 0.127. The standard InChI is InChI=1S/C15H22O6/c1-6-18-14(17)13-12(10-7-19-15(4,5)21-10)11(8(2)16)9(3)20-13/h10,12-13H,6-7H2,1-5H3/t10-,12-,13-/m0/s1. The second kappa shape index (κ2) is 5.77. The van der Waals surface area contributed by atoms with Gasteiger partial charge >= 0.3 is 5.97 Å². The molecule has 0 bridgehead atoms. The Morgan fingerprint density at radius 1 is 1.38 bits per heavy atom. The van der Waals surface area contributed by atoms with Gasteiger partial charge < -0.3 is 18.9 Å². The summed E-state index contributed by atoms with van der Waals surface area (Å²) < 4.78 is 22.0. The SMILES string of the molecule is CCOC(=O)[C@H]1OC(C)=C(C(C)=O)[C@@H]1[C@@H]1COC(C)(C)O1. The van der Waals surface area contributed by atoms with Crippen molar-refractivity contribution in [1.29, 1.82) is 0 Å². The van der Waals surface area contributed by atoms with E-state index in [0.29, 0.717) is 17.9 Å². The molecule has 118 valence electrons. The molecule has 1 saturated heterocycles. The number of hydrogen-bond donors (Lipinski definition) is 0. The average molecular weight is 298 g/mol. The van der Waals surface area contributed by atoms with Crippen LogP contribution in [0.3, 0.4) is 0 Å². The quantitative estimate of drug-likeness (QED) is 0.734. The Labute approximate surface area is 124 Å². The van der Waals surface area contributed by atoms with Crippen LogP contribution in [0.2, 0.25) is 0 Å². The molecular formula is C15H22O6. The molecule has 0 aromatic carbocycles. The van der Waals surface area contributed by atoms with E-state index in [0.717, 1.165) is 0 Å². The van der Waals surface area contributed by atoms with E-state index in [9.17, 15) is 9.59 Å². The first kappa shape index (κ1) is 16.0. The number of carbonyl (C=O) groups excluding carboxylic acids is 2. The summed E-state index contributed by atoms with van der Waals surface area (Å²) in [7, 11) is 0. The molecular weight excluding hydrogens is 276 g/mol. The van der Waals surface area contributed by atoms with E-state index >= 15 is 0 Å². The molecule has 0 aliphatic carbocycles. The highest BCUT2D eigenvalue weighted by molar-refractivity contribution is 5.96. The van der Waals surface area contributed by atoms with Crippen LogP contribution < -0.4 is 0 Å². The molecule has 2 rings (SSSR count). The summed E-state index contributed by atoms with van der Waals surface area (Å²) in [6.07, 6.45) is -1.27. The molecule has 0 aromatic rings. The van der Waals surface area contributed by atoms with E-state index in [1.807, 2.05) is 0 Å². The van der Waals surface area contributed by atoms with Gasteiger partial charge in [-0.25, -0.2) is 4.79 Å². The summed E-state index contributed by atoms with van der Waals surface area (Å²) >= 11 is 0. The van der Waals surface area contributed by atoms with Gasteiger partial charge in [0.1, 0.15) is 5.76 Å². The zero-order chi connectivity index (χ0) is 15.8. The second-order valence-electron chi connectivity index (χ2n) is 5.71. The monoisotopic (exact) mass is 298 g/mol. The Hall–Kier alpha value is -1.40. The highest BCUT2D eigenvalue weighted by atomic mass is 16.7. The van der Waals surface area contributed by atoms with Crippen molar-refractivity contribution in [3.63, 3.8) is 0 Å². The third-order valence-corrected chi connectivity index (χ3v) is 3.67. The zero-order valence-corrected chi connectivity index (χ0v) is 13.1. The number of allylic oxidation sites excluding steroid dienone is 1. The number of ether oxygens (including phenoxy) is 4. The summed E-state index contributed by atoms with van der Waals surface area (Å²) in [5.41, 5.74) is 0.486. The lowest BCUT2D eigenvalue weighted by molar-refractivity contribution is -0.163. The van der Waals surface area contributed by atoms with Crippen LogP contribution in [-0.4, -0.2) is 43.0 Å². The third kappa shape index (κ3) is 3.11. The van der Waals surface area contributed by atoms with Gasteiger partial charge in [-0.05, 0) is 34.6 Å². The van der Waals surface area contributed by atoms with E-state index in [2.05, 4.69) is 0 Å². The first-order valence-corrected chi connectivity index (χ1v) is 7.13. The molecule has 3 atom stereocenters. The zero-order valence-electron chi connectivity index (χ0n) is 13.1. The van der Waals surface area contributed by atoms with E-state index in [-0.39, 0.29) is 12.4 Å². The highest BCUT2D eigenvalue weighted by Gasteiger charge is 2.51. The average Bonchev–Trinajstić information content (AvgIpc) is 2.89. The Morgan fingerprint density at radius 3 is 2.52 bits per heavy atom. The van der Waals surface area contributed by atoms with Gasteiger partial charge in [0.25, 0.3) is 0 Å². The molecule has 0 spiro atoms. The Morgan fingerprint density at radius 2 is 2.05 bits per heavy atom. The number of carbonyl (C=O) groups is 2. The molecule has 2 aliphatic rings. The van der Waals surface area contributed by atoms with Crippen LogP contribution >= 0.6 is 0 Å². The first-order chi connectivity index (χ1) is 9.76. The van der Waals surface area contributed by atoms with Gasteiger partial charge in [0.2, 0.25) is 6.10 Å². The number of ketones is 1. The van der Waals surface area contributed by atoms with Crippen molar-refractivity contribution in [3.8, 4) is 0 Å². The van der Waals surface area contributed by atoms with Gasteiger partial charge in [0.15, 0.2) is 11.6 Å². The fourth-order valence-corrected chi connectivity index (χ4v) is 2.89. The van der Waals surface area contributed by atoms with E-state index in [4.69, 9.17) is 18.9 Å². The van der Waals surface area contributed by atoms with Crippen molar-refractivity contribution < 1.29 is 28.5 Å². The predicted molar refractivity (Wildman–Crippen MR) is 73.3 cm³/mol. The smallest absolute Gasteiger partial charge is 0.348 e. The van der Waals surface area contributed by atoms with Gasteiger partial charge in [0.05, 0.1) is 25.2 Å². The van der Waals surface area contributed by atoms with Crippen LogP contribution in [0.4, 0.5) is 0 Å². The molecule has 0 radical (unpaired) electrons. The molecule has 2 aliphatic heterocycles. The molecule has 0 aromatic heterocycles. The van der Waals surface area contributed by atoms with Crippen molar-refractivity contribution >= 4 is 11.8 Å². The summed E-state index contributed by atoms with van der Waals surface area (Å²) in [6.45, 7) is 9.03. The molecule has 0 saturated carbocycles. The minimum atomic E-state index is -0.855. The van der Waals surface area contributed by atoms with Gasteiger partial charge in [-0.15, -0.1) is 0 Å². The molecule has 0 unspecified atom stereocenters. The van der Waals surface area contributed by atoms with Crippen LogP contribution in [0.5, 0.6) is 0 Å². The van der Waals surface area contributed by atoms with E-state index < -0.39 is 29.9 Å². The van der Waals surface area contributed by atoms with Gasteiger partial charge in [-0.3, -0.25) is 4.79 Å². The largest absolute Gasteiger partial charge is 0.482 e. The Bertz CT molecular complexity index is 479. The predicted octanol–water partition coefficient (Wildman–Crippen LogP) is 1.58. The van der Waals surface area contributed by atoms with E-state index in [1.54, 1.807) is 27.7 Å². The normalized spacial score (nSPS) is 31.2. The summed E-state index contributed by atoms with van der Waals surface area (Å²) in [5.74, 6) is -1.38. The molecule has 1 fully saturated rings. The Balaban J connectivity index is 2.29. The van der Waals surface area contributed by atoms with Crippen molar-refractivity contribution in [2.45, 2.75) is 52.6 Å². The number of Topliss-reactive ketones (excluding diaryl/α,β-unsaturated/α-hetero) is 1. The molecule has 0 N–H and O–H groups in total. The number of hydrogen-bond acceptors (Lipinski definition) is 6. The lowest BCUT2D eigenvalue weighted by Crippen LogP contribution is -2.40. The molecule has 6 heteroatoms. The van der Waals surface area contributed by atoms with E-state index in [1.165, 1.54) is 6.92 Å². The van der Waals surface area contributed by atoms with Gasteiger partial charge in [0, 0.05) is 5.57 Å². The van der Waals surface area contributed by atoms with Crippen LogP contribution in [0.1, 0.15) is 34.6 Å². The maximum Gasteiger partial charge on any atom is 0.348 e. The van der Waals surface area contributed by atoms with Gasteiger partial charge in [-0.1, -0.05) is 0 Å². The maximum absolute atomic E-state index is 12.1. The molecule has 21 heavy (non-hydrogen) atoms. The van der Waals surface area contributed by atoms with Crippen LogP contribution in [0.15, 0.2) is 11.3 Å². The van der Waals surface area contributed by atoms with Crippen molar-refractivity contribution in [2.24, 2.45) is 5.92 Å². The number of rotatable bonds is 4. The topological polar surface area (TPSA) is 71.1 Å². The maximum atomic E-state index is 12.1. The van der Waals surface area contributed by atoms with Crippen molar-refractivity contribution in [1.82, 2.24) is 0 Å².